The van der Waals surface area contributed by atoms with Crippen LogP contribution in [0, 0.1) is 6.92 Å². The van der Waals surface area contributed by atoms with Gasteiger partial charge in [-0.1, -0.05) is 64.0 Å². The average molecular weight is 490 g/mol. The molecule has 1 unspecified atom stereocenters. The minimum absolute atomic E-state index is 0.189. The van der Waals surface area contributed by atoms with E-state index >= 15 is 0 Å². The SMILES string of the molecule is COc1cc(Br)c(C(CNS(=O)(=O)c2ccc(C)cc2)c2ccccc2)cc1OC. The molecule has 7 heteroatoms. The molecule has 3 aromatic rings. The molecule has 0 aliphatic rings. The zero-order valence-electron chi connectivity index (χ0n) is 17.1. The van der Waals surface area contributed by atoms with E-state index in [9.17, 15) is 8.42 Å². The predicted molar refractivity (Wildman–Crippen MR) is 122 cm³/mol. The van der Waals surface area contributed by atoms with Crippen LogP contribution in [0.4, 0.5) is 0 Å². The van der Waals surface area contributed by atoms with Gasteiger partial charge in [0.25, 0.3) is 0 Å². The largest absolute Gasteiger partial charge is 0.493 e. The van der Waals surface area contributed by atoms with Crippen LogP contribution in [0.2, 0.25) is 0 Å². The van der Waals surface area contributed by atoms with E-state index in [2.05, 4.69) is 20.7 Å². The lowest BCUT2D eigenvalue weighted by Crippen LogP contribution is -2.29. The molecule has 0 saturated carbocycles. The van der Waals surface area contributed by atoms with Crippen LogP contribution in [0.15, 0.2) is 76.1 Å². The smallest absolute Gasteiger partial charge is 0.240 e. The minimum atomic E-state index is -3.65. The summed E-state index contributed by atoms with van der Waals surface area (Å²) in [5.74, 6) is 0.943. The number of rotatable bonds is 8. The number of nitrogens with one attached hydrogen (secondary N) is 1. The highest BCUT2D eigenvalue weighted by Gasteiger charge is 2.23. The van der Waals surface area contributed by atoms with Gasteiger partial charge in [-0.15, -0.1) is 0 Å². The Morgan fingerprint density at radius 2 is 1.53 bits per heavy atom. The molecule has 1 N–H and O–H groups in total. The van der Waals surface area contributed by atoms with Crippen molar-refractivity contribution in [3.63, 3.8) is 0 Å². The van der Waals surface area contributed by atoms with Crippen LogP contribution in [0.5, 0.6) is 11.5 Å². The number of methoxy groups -OCH3 is 2. The monoisotopic (exact) mass is 489 g/mol. The molecule has 0 fully saturated rings. The first-order valence-corrected chi connectivity index (χ1v) is 11.7. The second-order valence-corrected chi connectivity index (χ2v) is 9.48. The zero-order valence-corrected chi connectivity index (χ0v) is 19.5. The van der Waals surface area contributed by atoms with Gasteiger partial charge < -0.3 is 9.47 Å². The molecule has 0 aliphatic heterocycles. The van der Waals surface area contributed by atoms with Gasteiger partial charge in [-0.05, 0) is 42.3 Å². The van der Waals surface area contributed by atoms with Crippen molar-refractivity contribution in [1.29, 1.82) is 0 Å². The van der Waals surface area contributed by atoms with Crippen molar-refractivity contribution < 1.29 is 17.9 Å². The van der Waals surface area contributed by atoms with Crippen LogP contribution < -0.4 is 14.2 Å². The van der Waals surface area contributed by atoms with Gasteiger partial charge in [0.05, 0.1) is 19.1 Å². The Morgan fingerprint density at radius 1 is 0.933 bits per heavy atom. The summed E-state index contributed by atoms with van der Waals surface area (Å²) in [5, 5.41) is 0. The van der Waals surface area contributed by atoms with Crippen molar-refractivity contribution in [2.24, 2.45) is 0 Å². The molecule has 3 aromatic carbocycles. The second kappa shape index (κ2) is 9.64. The highest BCUT2D eigenvalue weighted by Crippen LogP contribution is 2.38. The van der Waals surface area contributed by atoms with Crippen LogP contribution in [0.1, 0.15) is 22.6 Å². The fourth-order valence-electron chi connectivity index (χ4n) is 3.22. The molecule has 0 amide bonds. The van der Waals surface area contributed by atoms with Crippen molar-refractivity contribution >= 4 is 26.0 Å². The van der Waals surface area contributed by atoms with Gasteiger partial charge in [-0.3, -0.25) is 0 Å². The van der Waals surface area contributed by atoms with E-state index in [0.717, 1.165) is 21.2 Å². The molecule has 0 aliphatic carbocycles. The van der Waals surface area contributed by atoms with Crippen molar-refractivity contribution in [2.75, 3.05) is 20.8 Å². The van der Waals surface area contributed by atoms with Gasteiger partial charge in [0, 0.05) is 16.9 Å². The average Bonchev–Trinajstić information content (AvgIpc) is 2.75. The molecule has 0 heterocycles. The highest BCUT2D eigenvalue weighted by atomic mass is 79.9. The van der Waals surface area contributed by atoms with Crippen LogP contribution in [-0.4, -0.2) is 29.2 Å². The summed E-state index contributed by atoms with van der Waals surface area (Å²) in [6.45, 7) is 2.11. The van der Waals surface area contributed by atoms with Gasteiger partial charge in [-0.25, -0.2) is 13.1 Å². The van der Waals surface area contributed by atoms with Crippen molar-refractivity contribution in [3.8, 4) is 11.5 Å². The quantitative estimate of drug-likeness (QED) is 0.489. The third kappa shape index (κ3) is 5.03. The Kier molecular flexibility index (Phi) is 7.18. The first-order chi connectivity index (χ1) is 14.4. The summed E-state index contributed by atoms with van der Waals surface area (Å²) >= 11 is 3.61. The van der Waals surface area contributed by atoms with Gasteiger partial charge >= 0.3 is 0 Å². The maximum absolute atomic E-state index is 12.9. The molecule has 0 aromatic heterocycles. The molecule has 0 spiro atoms. The topological polar surface area (TPSA) is 64.6 Å². The summed E-state index contributed by atoms with van der Waals surface area (Å²) in [6, 6.07) is 20.3. The lowest BCUT2D eigenvalue weighted by Gasteiger charge is -2.22. The summed E-state index contributed by atoms with van der Waals surface area (Å²) in [7, 11) is -0.496. The molecule has 158 valence electrons. The number of hydrogen-bond donors (Lipinski definition) is 1. The molecule has 0 saturated heterocycles. The Labute approximate surface area is 186 Å². The normalized spacial score (nSPS) is 12.4. The zero-order chi connectivity index (χ0) is 21.7. The van der Waals surface area contributed by atoms with Crippen LogP contribution in [0.25, 0.3) is 0 Å². The first-order valence-electron chi connectivity index (χ1n) is 9.38. The summed E-state index contributed by atoms with van der Waals surface area (Å²) in [6.07, 6.45) is 0. The van der Waals surface area contributed by atoms with Crippen molar-refractivity contribution in [1.82, 2.24) is 4.72 Å². The lowest BCUT2D eigenvalue weighted by atomic mass is 9.91. The number of ether oxygens (including phenoxy) is 2. The Morgan fingerprint density at radius 3 is 2.13 bits per heavy atom. The van der Waals surface area contributed by atoms with Crippen LogP contribution in [0.3, 0.4) is 0 Å². The third-order valence-electron chi connectivity index (χ3n) is 4.89. The Balaban J connectivity index is 1.98. The predicted octanol–water partition coefficient (Wildman–Crippen LogP) is 4.89. The van der Waals surface area contributed by atoms with Gasteiger partial charge in [0.1, 0.15) is 0 Å². The van der Waals surface area contributed by atoms with E-state index in [4.69, 9.17) is 9.47 Å². The van der Waals surface area contributed by atoms with E-state index in [-0.39, 0.29) is 17.4 Å². The molecular weight excluding hydrogens is 466 g/mol. The fraction of sp³-hybridized carbons (Fsp3) is 0.217. The number of hydrogen-bond acceptors (Lipinski definition) is 4. The summed E-state index contributed by atoms with van der Waals surface area (Å²) in [5.41, 5.74) is 2.88. The van der Waals surface area contributed by atoms with Gasteiger partial charge in [-0.2, -0.15) is 0 Å². The van der Waals surface area contributed by atoms with E-state index in [1.165, 1.54) is 0 Å². The van der Waals surface area contributed by atoms with Crippen molar-refractivity contribution in [2.45, 2.75) is 17.7 Å². The second-order valence-electron chi connectivity index (χ2n) is 6.86. The number of aryl methyl sites for hydroxylation is 1. The molecular formula is C23H24BrNO4S. The standard InChI is InChI=1S/C23H24BrNO4S/c1-16-9-11-18(12-10-16)30(26,27)25-15-20(17-7-5-4-6-8-17)19-13-22(28-2)23(29-3)14-21(19)24/h4-14,20,25H,15H2,1-3H3. The summed E-state index contributed by atoms with van der Waals surface area (Å²) < 4.78 is 40.1. The molecule has 0 radical (unpaired) electrons. The first kappa shape index (κ1) is 22.3. The van der Waals surface area contributed by atoms with E-state index in [1.807, 2.05) is 49.4 Å². The van der Waals surface area contributed by atoms with Gasteiger partial charge in [0.15, 0.2) is 11.5 Å². The third-order valence-corrected chi connectivity index (χ3v) is 7.02. The molecule has 5 nitrogen and oxygen atoms in total. The van der Waals surface area contributed by atoms with Crippen LogP contribution >= 0.6 is 15.9 Å². The Hall–Kier alpha value is -2.35. The highest BCUT2D eigenvalue weighted by molar-refractivity contribution is 9.10. The van der Waals surface area contributed by atoms with Crippen LogP contribution in [-0.2, 0) is 10.0 Å². The maximum Gasteiger partial charge on any atom is 0.240 e. The lowest BCUT2D eigenvalue weighted by molar-refractivity contribution is 0.354. The van der Waals surface area contributed by atoms with E-state index < -0.39 is 10.0 Å². The van der Waals surface area contributed by atoms with Crippen molar-refractivity contribution in [3.05, 3.63) is 87.9 Å². The number of benzene rings is 3. The van der Waals surface area contributed by atoms with Gasteiger partial charge in [0.2, 0.25) is 10.0 Å². The molecule has 0 bridgehead atoms. The minimum Gasteiger partial charge on any atom is -0.493 e. The number of halogens is 1. The fourth-order valence-corrected chi connectivity index (χ4v) is 4.87. The summed E-state index contributed by atoms with van der Waals surface area (Å²) in [4.78, 5) is 0.242. The van der Waals surface area contributed by atoms with E-state index in [1.54, 1.807) is 38.5 Å². The Bertz CT molecular complexity index is 1100. The maximum atomic E-state index is 12.9. The van der Waals surface area contributed by atoms with E-state index in [0.29, 0.717) is 11.5 Å². The molecule has 30 heavy (non-hydrogen) atoms. The number of sulfonamides is 1. The molecule has 1 atom stereocenters. The molecule has 3 rings (SSSR count).